The van der Waals surface area contributed by atoms with Gasteiger partial charge in [-0.2, -0.15) is 0 Å². The molecule has 0 saturated heterocycles. The van der Waals surface area contributed by atoms with Crippen LogP contribution < -0.4 is 5.73 Å². The van der Waals surface area contributed by atoms with Crippen LogP contribution in [0.3, 0.4) is 0 Å². The van der Waals surface area contributed by atoms with Crippen LogP contribution >= 0.6 is 0 Å². The third-order valence-electron chi connectivity index (χ3n) is 9.97. The van der Waals surface area contributed by atoms with E-state index in [2.05, 4.69) is 40.7 Å². The second-order valence-corrected chi connectivity index (χ2v) is 11.8. The fourth-order valence-corrected chi connectivity index (χ4v) is 8.31. The molecule has 2 N–H and O–H groups in total. The molecule has 4 aliphatic rings. The summed E-state index contributed by atoms with van der Waals surface area (Å²) >= 11 is 0. The molecular formula is C27H45N. The van der Waals surface area contributed by atoms with Crippen molar-refractivity contribution in [2.45, 2.75) is 111 Å². The van der Waals surface area contributed by atoms with Gasteiger partial charge in [0.1, 0.15) is 0 Å². The minimum atomic E-state index is 0.464. The van der Waals surface area contributed by atoms with E-state index in [9.17, 15) is 0 Å². The topological polar surface area (TPSA) is 26.0 Å². The smallest absolute Gasteiger partial charge is 0.00421 e. The van der Waals surface area contributed by atoms with E-state index in [1.54, 1.807) is 0 Å². The van der Waals surface area contributed by atoms with Crippen LogP contribution in [0.1, 0.15) is 105 Å². The third-order valence-corrected chi connectivity index (χ3v) is 9.97. The molecule has 158 valence electrons. The van der Waals surface area contributed by atoms with Crippen molar-refractivity contribution in [3.8, 4) is 0 Å². The van der Waals surface area contributed by atoms with Crippen molar-refractivity contribution in [2.24, 2.45) is 40.2 Å². The van der Waals surface area contributed by atoms with Gasteiger partial charge in [-0.15, -0.1) is 0 Å². The normalized spacial score (nSPS) is 43.8. The molecule has 0 bridgehead atoms. The van der Waals surface area contributed by atoms with Crippen molar-refractivity contribution in [1.29, 1.82) is 0 Å². The lowest BCUT2D eigenvalue weighted by Crippen LogP contribution is -2.47. The Morgan fingerprint density at radius 2 is 1.89 bits per heavy atom. The van der Waals surface area contributed by atoms with E-state index < -0.39 is 0 Å². The van der Waals surface area contributed by atoms with E-state index in [1.165, 1.54) is 76.2 Å². The van der Waals surface area contributed by atoms with Gasteiger partial charge < -0.3 is 5.73 Å². The van der Waals surface area contributed by atoms with Gasteiger partial charge in [0.15, 0.2) is 0 Å². The zero-order chi connectivity index (χ0) is 20.1. The first-order chi connectivity index (χ1) is 13.3. The predicted octanol–water partition coefficient (Wildman–Crippen LogP) is 7.42. The van der Waals surface area contributed by atoms with Crippen LogP contribution in [0.2, 0.25) is 0 Å². The van der Waals surface area contributed by atoms with Gasteiger partial charge in [0.05, 0.1) is 0 Å². The number of hydrogen-bond donors (Lipinski definition) is 1. The number of hydrogen-bond acceptors (Lipinski definition) is 1. The van der Waals surface area contributed by atoms with E-state index in [4.69, 9.17) is 5.73 Å². The summed E-state index contributed by atoms with van der Waals surface area (Å²) < 4.78 is 0. The van der Waals surface area contributed by atoms with Gasteiger partial charge in [-0.3, -0.25) is 0 Å². The quantitative estimate of drug-likeness (QED) is 0.502. The van der Waals surface area contributed by atoms with Gasteiger partial charge in [0.25, 0.3) is 0 Å². The molecule has 4 rings (SSSR count). The maximum Gasteiger partial charge on any atom is 0.00421 e. The average molecular weight is 384 g/mol. The maximum absolute atomic E-state index is 6.37. The first kappa shape index (κ1) is 20.7. The second-order valence-electron chi connectivity index (χ2n) is 11.8. The summed E-state index contributed by atoms with van der Waals surface area (Å²) in [7, 11) is 0. The molecule has 0 aromatic heterocycles. The van der Waals surface area contributed by atoms with Crippen LogP contribution in [0.4, 0.5) is 0 Å². The molecule has 0 amide bonds. The Kier molecular flexibility index (Phi) is 5.62. The molecule has 0 heterocycles. The van der Waals surface area contributed by atoms with Gasteiger partial charge in [0.2, 0.25) is 0 Å². The average Bonchev–Trinajstić information content (AvgIpc) is 2.99. The largest absolute Gasteiger partial charge is 0.328 e. The fourth-order valence-electron chi connectivity index (χ4n) is 8.31. The highest BCUT2D eigenvalue weighted by Gasteiger charge is 2.55. The van der Waals surface area contributed by atoms with E-state index in [1.807, 2.05) is 11.1 Å². The highest BCUT2D eigenvalue weighted by atomic mass is 14.7. The summed E-state index contributed by atoms with van der Waals surface area (Å²) in [5, 5.41) is 0. The van der Waals surface area contributed by atoms with Gasteiger partial charge in [-0.1, -0.05) is 43.6 Å². The summed E-state index contributed by atoms with van der Waals surface area (Å²) in [6, 6.07) is 0.464. The zero-order valence-electron chi connectivity index (χ0n) is 19.3. The van der Waals surface area contributed by atoms with Gasteiger partial charge >= 0.3 is 0 Å². The van der Waals surface area contributed by atoms with Crippen molar-refractivity contribution >= 4 is 0 Å². The number of rotatable bonds is 4. The summed E-state index contributed by atoms with van der Waals surface area (Å²) in [4.78, 5) is 0. The van der Waals surface area contributed by atoms with Crippen LogP contribution in [0.5, 0.6) is 0 Å². The Balaban J connectivity index is 1.55. The van der Waals surface area contributed by atoms with Crippen LogP contribution in [-0.2, 0) is 0 Å². The van der Waals surface area contributed by atoms with Gasteiger partial charge in [-0.05, 0) is 119 Å². The van der Waals surface area contributed by atoms with Crippen molar-refractivity contribution in [3.05, 3.63) is 22.8 Å². The van der Waals surface area contributed by atoms with Crippen molar-refractivity contribution in [1.82, 2.24) is 0 Å². The standard InChI is InChI=1S/C27H45N/c1-18(2)7-6-8-19(3)23-11-12-24-22-10-9-20-17-21(28)13-15-26(20,4)25(22)14-16-27(23,24)5/h7,19-21,23-24H,6,8-17,28H2,1-5H3/t19-,20?,21?,23?,24?,26?,27?/m1/s1. The lowest BCUT2D eigenvalue weighted by molar-refractivity contribution is 0.0628. The Labute approximate surface area is 174 Å². The van der Waals surface area contributed by atoms with E-state index in [-0.39, 0.29) is 0 Å². The molecule has 28 heavy (non-hydrogen) atoms. The monoisotopic (exact) mass is 383 g/mol. The van der Waals surface area contributed by atoms with E-state index in [0.29, 0.717) is 16.9 Å². The van der Waals surface area contributed by atoms with Crippen LogP contribution in [-0.4, -0.2) is 6.04 Å². The highest BCUT2D eigenvalue weighted by Crippen LogP contribution is 2.65. The Morgan fingerprint density at radius 1 is 1.11 bits per heavy atom. The van der Waals surface area contributed by atoms with Crippen LogP contribution in [0.25, 0.3) is 0 Å². The summed E-state index contributed by atoms with van der Waals surface area (Å²) in [6.45, 7) is 12.3. The van der Waals surface area contributed by atoms with Gasteiger partial charge in [-0.25, -0.2) is 0 Å². The molecule has 7 atom stereocenters. The molecule has 4 aliphatic carbocycles. The predicted molar refractivity (Wildman–Crippen MR) is 121 cm³/mol. The summed E-state index contributed by atoms with van der Waals surface area (Å²) in [6.07, 6.45) is 17.5. The molecule has 0 aromatic rings. The molecule has 2 saturated carbocycles. The lowest BCUT2D eigenvalue weighted by Gasteiger charge is -2.55. The minimum absolute atomic E-state index is 0.464. The Bertz CT molecular complexity index is 653. The number of fused-ring (bicyclic) bond motifs is 4. The number of nitrogens with two attached hydrogens (primary N) is 1. The molecule has 0 aromatic carbocycles. The minimum Gasteiger partial charge on any atom is -0.328 e. The Hall–Kier alpha value is -0.560. The van der Waals surface area contributed by atoms with Crippen molar-refractivity contribution in [3.63, 3.8) is 0 Å². The van der Waals surface area contributed by atoms with Crippen LogP contribution in [0.15, 0.2) is 22.8 Å². The van der Waals surface area contributed by atoms with Crippen molar-refractivity contribution < 1.29 is 0 Å². The first-order valence-corrected chi connectivity index (χ1v) is 12.4. The van der Waals surface area contributed by atoms with E-state index >= 15 is 0 Å². The second kappa shape index (κ2) is 7.60. The molecule has 1 nitrogen and oxygen atoms in total. The van der Waals surface area contributed by atoms with Gasteiger partial charge in [0, 0.05) is 6.04 Å². The molecule has 2 fully saturated rings. The molecule has 0 aliphatic heterocycles. The summed E-state index contributed by atoms with van der Waals surface area (Å²) in [5.41, 5.74) is 12.8. The molecule has 0 radical (unpaired) electrons. The molecule has 0 spiro atoms. The van der Waals surface area contributed by atoms with Crippen LogP contribution in [0, 0.1) is 34.5 Å². The lowest BCUT2D eigenvalue weighted by atomic mass is 9.50. The number of allylic oxidation sites excluding steroid dienone is 4. The highest BCUT2D eigenvalue weighted by molar-refractivity contribution is 5.34. The molecular weight excluding hydrogens is 338 g/mol. The summed E-state index contributed by atoms with van der Waals surface area (Å²) in [5.74, 6) is 3.55. The third kappa shape index (κ3) is 3.34. The Morgan fingerprint density at radius 3 is 2.64 bits per heavy atom. The van der Waals surface area contributed by atoms with E-state index in [0.717, 1.165) is 23.7 Å². The first-order valence-electron chi connectivity index (χ1n) is 12.4. The molecule has 6 unspecified atom stereocenters. The molecule has 1 heteroatoms. The SMILES string of the molecule is CC(C)=CCC[C@@H](C)C1CCC2C3=C(CCC21C)C1(C)CCC(N)CC1CC3. The fraction of sp³-hybridized carbons (Fsp3) is 0.852. The van der Waals surface area contributed by atoms with Crippen molar-refractivity contribution in [2.75, 3.05) is 0 Å². The zero-order valence-corrected chi connectivity index (χ0v) is 19.3. The maximum atomic E-state index is 6.37.